The van der Waals surface area contributed by atoms with Gasteiger partial charge in [-0.25, -0.2) is 28.4 Å². The molecule has 0 radical (unpaired) electrons. The number of nitrogens with zero attached hydrogens (tertiary/aromatic N) is 13. The fourth-order valence-electron chi connectivity index (χ4n) is 9.44. The van der Waals surface area contributed by atoms with Gasteiger partial charge in [-0.3, -0.25) is 9.78 Å². The molecule has 306 valence electrons. The number of piperazine rings is 1. The van der Waals surface area contributed by atoms with Gasteiger partial charge in [0.05, 0.1) is 53.0 Å². The van der Waals surface area contributed by atoms with Crippen molar-refractivity contribution in [3.63, 3.8) is 0 Å². The number of likely N-dealkylation sites (N-methyl/N-ethyl adjacent to an activating group) is 1. The van der Waals surface area contributed by atoms with Crippen LogP contribution in [0.4, 0.5) is 31.5 Å². The highest BCUT2D eigenvalue weighted by Crippen LogP contribution is 2.41. The van der Waals surface area contributed by atoms with Gasteiger partial charge < -0.3 is 34.2 Å². The molecule has 12 rings (SSSR count). The largest absolute Gasteiger partial charge is 0.378 e. The summed E-state index contributed by atoms with van der Waals surface area (Å²) >= 11 is 1.61. The van der Waals surface area contributed by atoms with Crippen LogP contribution in [0.25, 0.3) is 39.1 Å². The number of aromatic nitrogens is 9. The number of anilines is 4. The van der Waals surface area contributed by atoms with Crippen LogP contribution in [0.15, 0.2) is 66.4 Å². The van der Waals surface area contributed by atoms with Crippen LogP contribution in [0.3, 0.4) is 0 Å². The highest BCUT2D eigenvalue weighted by molar-refractivity contribution is 7.13. The summed E-state index contributed by atoms with van der Waals surface area (Å²) < 4.78 is 39.1. The third-order valence-electron chi connectivity index (χ3n) is 12.3. The molecule has 3 unspecified atom stereocenters. The molecule has 0 saturated carbocycles. The predicted molar refractivity (Wildman–Crippen MR) is 223 cm³/mol. The number of fused-ring (bicyclic) bond motifs is 8. The van der Waals surface area contributed by atoms with Crippen LogP contribution in [0.1, 0.15) is 18.7 Å². The summed E-state index contributed by atoms with van der Waals surface area (Å²) in [4.78, 5) is 52.7. The average Bonchev–Trinajstić information content (AvgIpc) is 4.07. The molecule has 16 nitrogen and oxygen atoms in total. The van der Waals surface area contributed by atoms with Gasteiger partial charge in [0.25, 0.3) is 0 Å². The molecule has 4 saturated heterocycles. The number of nitrogens with one attached hydrogen (secondary N) is 1. The number of imidazole rings is 1. The third kappa shape index (κ3) is 6.00. The predicted octanol–water partition coefficient (Wildman–Crippen LogP) is 4.68. The Kier molecular flexibility index (Phi) is 8.66. The molecule has 6 bridgehead atoms. The standard InChI is InChI=1S/C41H40F2N14O2S/c1-22-47-31-9-10-44-35-30-5-4-6-34(49-30)48-24-14-33(39(58)52(2)20-27(59-3)21-54(22)36(31)35)55(17-24)37-28-16-46-57(32-8-7-23(42)13-29(32)43)38(28)51-40(50-37)56-25-15-26(56)19-53(18-25)41-45-11-12-60-41/h4-13,16,24-27,33H,14-15,17-21H2,1-3H3,(H,48,49)/t24?,25?,26?,27-,33-/m0/s1. The van der Waals surface area contributed by atoms with E-state index < -0.39 is 17.7 Å². The Balaban J connectivity index is 1.02. The maximum Gasteiger partial charge on any atom is 0.245 e. The molecule has 1 amide bonds. The molecule has 6 aromatic heterocycles. The number of hydrogen-bond acceptors (Lipinski definition) is 14. The van der Waals surface area contributed by atoms with Gasteiger partial charge in [-0.1, -0.05) is 6.07 Å². The fourth-order valence-corrected chi connectivity index (χ4v) is 10.1. The molecule has 1 aromatic carbocycles. The van der Waals surface area contributed by atoms with Gasteiger partial charge in [-0.2, -0.15) is 15.1 Å². The number of aryl methyl sites for hydroxylation is 1. The maximum absolute atomic E-state index is 15.5. The maximum atomic E-state index is 15.5. The molecule has 11 heterocycles. The summed E-state index contributed by atoms with van der Waals surface area (Å²) in [6.07, 6.45) is 6.17. The number of thiazole rings is 1. The number of ether oxygens (including phenoxy) is 1. The number of benzene rings is 1. The van der Waals surface area contributed by atoms with Gasteiger partial charge in [-0.15, -0.1) is 11.3 Å². The van der Waals surface area contributed by atoms with E-state index in [1.807, 2.05) is 47.7 Å². The van der Waals surface area contributed by atoms with E-state index in [4.69, 9.17) is 29.7 Å². The van der Waals surface area contributed by atoms with Gasteiger partial charge in [0.1, 0.15) is 40.7 Å². The highest BCUT2D eigenvalue weighted by Gasteiger charge is 2.48. The molecule has 5 atom stereocenters. The summed E-state index contributed by atoms with van der Waals surface area (Å²) in [5, 5.41) is 11.7. The lowest BCUT2D eigenvalue weighted by molar-refractivity contribution is -0.132. The molecule has 1 N–H and O–H groups in total. The average molecular weight is 831 g/mol. The molecule has 0 aliphatic carbocycles. The molecule has 0 spiro atoms. The number of pyridine rings is 2. The normalized spacial score (nSPS) is 22.9. The highest BCUT2D eigenvalue weighted by atomic mass is 32.1. The van der Waals surface area contributed by atoms with Gasteiger partial charge in [0.15, 0.2) is 16.6 Å². The van der Waals surface area contributed by atoms with Crippen LogP contribution in [0.5, 0.6) is 0 Å². The zero-order valence-corrected chi connectivity index (χ0v) is 33.8. The Hall–Kier alpha value is -6.34. The number of carbonyl (C=O) groups is 1. The van der Waals surface area contributed by atoms with Crippen molar-refractivity contribution >= 4 is 62.0 Å². The van der Waals surface area contributed by atoms with Crippen molar-refractivity contribution in [1.29, 1.82) is 0 Å². The Bertz CT molecular complexity index is 2790. The van der Waals surface area contributed by atoms with Crippen LogP contribution in [0, 0.1) is 18.6 Å². The number of rotatable bonds is 5. The Labute approximate surface area is 346 Å². The first kappa shape index (κ1) is 36.7. The van der Waals surface area contributed by atoms with Gasteiger partial charge in [0, 0.05) is 70.2 Å². The first-order chi connectivity index (χ1) is 29.2. The quantitative estimate of drug-likeness (QED) is 0.256. The van der Waals surface area contributed by atoms with E-state index in [2.05, 4.69) is 29.8 Å². The van der Waals surface area contributed by atoms with Gasteiger partial charge in [0.2, 0.25) is 11.9 Å². The molecule has 4 fully saturated rings. The van der Waals surface area contributed by atoms with E-state index in [9.17, 15) is 9.18 Å². The first-order valence-corrected chi connectivity index (χ1v) is 20.8. The second-order valence-electron chi connectivity index (χ2n) is 15.9. The van der Waals surface area contributed by atoms with Crippen molar-refractivity contribution in [2.24, 2.45) is 0 Å². The lowest BCUT2D eigenvalue weighted by atomic mass is 9.88. The molecular weight excluding hydrogens is 791 g/mol. The second-order valence-corrected chi connectivity index (χ2v) is 16.8. The summed E-state index contributed by atoms with van der Waals surface area (Å²) in [6.45, 7) is 4.55. The SMILES string of the molecule is CO[C@H]1CN(C)C(=O)[C@@H]2CC(CN2c2nc(N3C4CC3CN(c3nccs3)C4)nc3c2cnn3-c2ccc(F)cc2F)Nc2cccc(n2)-c2nccc3nc(C)n(c23)C1. The van der Waals surface area contributed by atoms with E-state index in [1.54, 1.807) is 42.8 Å². The monoisotopic (exact) mass is 830 g/mol. The zero-order chi connectivity index (χ0) is 40.8. The molecule has 60 heavy (non-hydrogen) atoms. The van der Waals surface area contributed by atoms with E-state index >= 15 is 4.39 Å². The zero-order valence-electron chi connectivity index (χ0n) is 33.0. The van der Waals surface area contributed by atoms with Crippen molar-refractivity contribution in [2.45, 2.75) is 56.6 Å². The Morgan fingerprint density at radius 2 is 1.80 bits per heavy atom. The van der Waals surface area contributed by atoms with E-state index in [-0.39, 0.29) is 35.8 Å². The van der Waals surface area contributed by atoms with Crippen molar-refractivity contribution in [3.05, 3.63) is 83.9 Å². The van der Waals surface area contributed by atoms with Crippen LogP contribution >= 0.6 is 11.3 Å². The minimum Gasteiger partial charge on any atom is -0.378 e. The number of amides is 1. The molecule has 19 heteroatoms. The number of hydrogen-bond donors (Lipinski definition) is 1. The Morgan fingerprint density at radius 1 is 0.933 bits per heavy atom. The van der Waals surface area contributed by atoms with E-state index in [0.717, 1.165) is 47.6 Å². The third-order valence-corrected chi connectivity index (χ3v) is 13.1. The minimum absolute atomic E-state index is 0.0496. The summed E-state index contributed by atoms with van der Waals surface area (Å²) in [5.74, 6) is 0.810. The van der Waals surface area contributed by atoms with Crippen LogP contribution < -0.4 is 20.0 Å². The van der Waals surface area contributed by atoms with Gasteiger partial charge >= 0.3 is 0 Å². The minimum atomic E-state index is -0.776. The smallest absolute Gasteiger partial charge is 0.245 e. The van der Waals surface area contributed by atoms with E-state index in [0.29, 0.717) is 66.1 Å². The van der Waals surface area contributed by atoms with E-state index in [1.165, 1.54) is 16.8 Å². The second kappa shape index (κ2) is 14.1. The van der Waals surface area contributed by atoms with Gasteiger partial charge in [-0.05, 0) is 50.1 Å². The summed E-state index contributed by atoms with van der Waals surface area (Å²) in [5.41, 5.74) is 3.44. The molecule has 5 aliphatic rings. The first-order valence-electron chi connectivity index (χ1n) is 19.9. The fraction of sp³-hybridized carbons (Fsp3) is 0.366. The Morgan fingerprint density at radius 3 is 2.60 bits per heavy atom. The number of piperidine rings is 1. The molecular formula is C41H40F2N14O2S. The van der Waals surface area contributed by atoms with Crippen LogP contribution in [-0.2, 0) is 16.1 Å². The van der Waals surface area contributed by atoms with Crippen molar-refractivity contribution in [1.82, 2.24) is 49.2 Å². The summed E-state index contributed by atoms with van der Waals surface area (Å²) in [7, 11) is 3.45. The lowest BCUT2D eigenvalue weighted by Gasteiger charge is -2.56. The lowest BCUT2D eigenvalue weighted by Crippen LogP contribution is -2.69. The van der Waals surface area contributed by atoms with Crippen LogP contribution in [-0.4, -0.2) is 126 Å². The van der Waals surface area contributed by atoms with Crippen molar-refractivity contribution in [3.8, 4) is 17.1 Å². The van der Waals surface area contributed by atoms with Crippen molar-refractivity contribution in [2.75, 3.05) is 60.4 Å². The number of methoxy groups -OCH3 is 1. The summed E-state index contributed by atoms with van der Waals surface area (Å²) in [6, 6.07) is 10.4. The number of carbonyl (C=O) groups excluding carboxylic acids is 1. The molecule has 5 aliphatic heterocycles. The number of halogens is 2. The van der Waals surface area contributed by atoms with Crippen LogP contribution in [0.2, 0.25) is 0 Å². The topological polar surface area (TPSA) is 151 Å². The molecule has 7 aromatic rings. The van der Waals surface area contributed by atoms with Crippen molar-refractivity contribution < 1.29 is 18.3 Å².